The minimum Gasteiger partial charge on any atom is -0.394 e. The highest BCUT2D eigenvalue weighted by Crippen LogP contribution is 2.30. The zero-order valence-electron chi connectivity index (χ0n) is 10.00. The van der Waals surface area contributed by atoms with Crippen LogP contribution in [0.25, 0.3) is 0 Å². The van der Waals surface area contributed by atoms with Gasteiger partial charge < -0.3 is 15.7 Å². The number of halogens is 1. The molecule has 3 N–H and O–H groups in total. The fourth-order valence-electron chi connectivity index (χ4n) is 1.50. The highest BCUT2D eigenvalue weighted by atomic mass is 79.9. The molecule has 0 heterocycles. The van der Waals surface area contributed by atoms with Gasteiger partial charge in [0.05, 0.1) is 12.1 Å². The second-order valence-corrected chi connectivity index (χ2v) is 5.33. The van der Waals surface area contributed by atoms with Crippen LogP contribution in [0, 0.1) is 0 Å². The Morgan fingerprint density at radius 1 is 1.44 bits per heavy atom. The molecule has 4 heteroatoms. The Morgan fingerprint density at radius 2 is 2.06 bits per heavy atom. The third-order valence-electron chi connectivity index (χ3n) is 2.95. The van der Waals surface area contributed by atoms with Gasteiger partial charge in [0.2, 0.25) is 0 Å². The minimum atomic E-state index is -0.301. The fourth-order valence-corrected chi connectivity index (χ4v) is 2.01. The van der Waals surface area contributed by atoms with Crippen LogP contribution < -0.4 is 10.6 Å². The van der Waals surface area contributed by atoms with Gasteiger partial charge in [0.1, 0.15) is 0 Å². The standard InChI is InChI=1S/C12H19BrN2O/c1-12(2,8-16)15(3)11-6-4-5-10(13)9(11)7-14/h4-6,16H,7-8,14H2,1-3H3. The van der Waals surface area contributed by atoms with Crippen molar-refractivity contribution in [1.82, 2.24) is 0 Å². The number of rotatable bonds is 4. The van der Waals surface area contributed by atoms with Crippen LogP contribution in [0.3, 0.4) is 0 Å². The summed E-state index contributed by atoms with van der Waals surface area (Å²) in [5, 5.41) is 9.37. The van der Waals surface area contributed by atoms with Gasteiger partial charge in [0.15, 0.2) is 0 Å². The van der Waals surface area contributed by atoms with Gasteiger partial charge in [-0.15, -0.1) is 0 Å². The van der Waals surface area contributed by atoms with E-state index in [4.69, 9.17) is 5.73 Å². The van der Waals surface area contributed by atoms with Gasteiger partial charge in [-0.2, -0.15) is 0 Å². The Hall–Kier alpha value is -0.580. The van der Waals surface area contributed by atoms with Crippen LogP contribution in [0.15, 0.2) is 22.7 Å². The van der Waals surface area contributed by atoms with Crippen LogP contribution in [0.1, 0.15) is 19.4 Å². The van der Waals surface area contributed by atoms with Crippen molar-refractivity contribution in [2.24, 2.45) is 5.73 Å². The summed E-state index contributed by atoms with van der Waals surface area (Å²) in [4.78, 5) is 2.06. The van der Waals surface area contributed by atoms with Crippen molar-refractivity contribution in [3.05, 3.63) is 28.2 Å². The predicted octanol–water partition coefficient (Wildman–Crippen LogP) is 2.11. The van der Waals surface area contributed by atoms with Gasteiger partial charge >= 0.3 is 0 Å². The molecule has 16 heavy (non-hydrogen) atoms. The van der Waals surface area contributed by atoms with Crippen LogP contribution in [0.2, 0.25) is 0 Å². The number of benzene rings is 1. The summed E-state index contributed by atoms with van der Waals surface area (Å²) in [5.41, 5.74) is 7.57. The maximum absolute atomic E-state index is 9.37. The molecular weight excluding hydrogens is 268 g/mol. The largest absolute Gasteiger partial charge is 0.394 e. The van der Waals surface area contributed by atoms with E-state index in [0.29, 0.717) is 6.54 Å². The van der Waals surface area contributed by atoms with Gasteiger partial charge in [-0.25, -0.2) is 0 Å². The first-order valence-corrected chi connectivity index (χ1v) is 6.05. The van der Waals surface area contributed by atoms with Crippen molar-refractivity contribution in [2.45, 2.75) is 25.9 Å². The summed E-state index contributed by atoms with van der Waals surface area (Å²) >= 11 is 3.50. The second-order valence-electron chi connectivity index (χ2n) is 4.47. The first-order valence-electron chi connectivity index (χ1n) is 5.26. The van der Waals surface area contributed by atoms with Gasteiger partial charge in [-0.05, 0) is 26.0 Å². The molecule has 1 aromatic carbocycles. The number of anilines is 1. The first kappa shape index (κ1) is 13.5. The molecule has 0 aromatic heterocycles. The molecule has 0 aliphatic heterocycles. The lowest BCUT2D eigenvalue weighted by molar-refractivity contribution is 0.216. The third-order valence-corrected chi connectivity index (χ3v) is 3.70. The Labute approximate surface area is 105 Å². The van der Waals surface area contributed by atoms with E-state index in [-0.39, 0.29) is 12.1 Å². The van der Waals surface area contributed by atoms with Gasteiger partial charge in [0, 0.05) is 29.3 Å². The van der Waals surface area contributed by atoms with E-state index in [9.17, 15) is 5.11 Å². The highest BCUT2D eigenvalue weighted by molar-refractivity contribution is 9.10. The molecule has 0 radical (unpaired) electrons. The first-order chi connectivity index (χ1) is 7.44. The molecule has 90 valence electrons. The average Bonchev–Trinajstić information content (AvgIpc) is 2.27. The van der Waals surface area contributed by atoms with Crippen LogP contribution >= 0.6 is 15.9 Å². The summed E-state index contributed by atoms with van der Waals surface area (Å²) in [6, 6.07) is 5.97. The lowest BCUT2D eigenvalue weighted by atomic mass is 10.0. The molecule has 0 bridgehead atoms. The lowest BCUT2D eigenvalue weighted by Crippen LogP contribution is -2.45. The Morgan fingerprint density at radius 3 is 2.56 bits per heavy atom. The van der Waals surface area contributed by atoms with Crippen LogP contribution in [-0.4, -0.2) is 24.3 Å². The Bertz CT molecular complexity index is 366. The van der Waals surface area contributed by atoms with Crippen LogP contribution in [0.5, 0.6) is 0 Å². The maximum Gasteiger partial charge on any atom is 0.0658 e. The molecular formula is C12H19BrN2O. The molecule has 0 spiro atoms. The summed E-state index contributed by atoms with van der Waals surface area (Å²) in [6.07, 6.45) is 0. The Kier molecular flexibility index (Phi) is 4.35. The second kappa shape index (κ2) is 5.17. The topological polar surface area (TPSA) is 49.5 Å². The predicted molar refractivity (Wildman–Crippen MR) is 71.6 cm³/mol. The summed E-state index contributed by atoms with van der Waals surface area (Å²) < 4.78 is 1.01. The van der Waals surface area contributed by atoms with Gasteiger partial charge in [-0.1, -0.05) is 22.0 Å². The number of hydrogen-bond acceptors (Lipinski definition) is 3. The molecule has 0 fully saturated rings. The van der Waals surface area contributed by atoms with E-state index >= 15 is 0 Å². The zero-order chi connectivity index (χ0) is 12.3. The molecule has 0 saturated carbocycles. The summed E-state index contributed by atoms with van der Waals surface area (Å²) in [6.45, 7) is 4.56. The Balaban J connectivity index is 3.18. The van der Waals surface area contributed by atoms with Crippen molar-refractivity contribution in [1.29, 1.82) is 0 Å². The molecule has 0 unspecified atom stereocenters. The van der Waals surface area contributed by atoms with E-state index in [2.05, 4.69) is 20.8 Å². The monoisotopic (exact) mass is 286 g/mol. The highest BCUT2D eigenvalue weighted by Gasteiger charge is 2.24. The number of aliphatic hydroxyl groups is 1. The zero-order valence-corrected chi connectivity index (χ0v) is 11.6. The van der Waals surface area contributed by atoms with E-state index in [1.54, 1.807) is 0 Å². The number of aliphatic hydroxyl groups excluding tert-OH is 1. The number of likely N-dealkylation sites (N-methyl/N-ethyl adjacent to an activating group) is 1. The lowest BCUT2D eigenvalue weighted by Gasteiger charge is -2.37. The number of nitrogens with zero attached hydrogens (tertiary/aromatic N) is 1. The van der Waals surface area contributed by atoms with Crippen molar-refractivity contribution >= 4 is 21.6 Å². The minimum absolute atomic E-state index is 0.0972. The number of hydrogen-bond donors (Lipinski definition) is 2. The van der Waals surface area contributed by atoms with E-state index < -0.39 is 0 Å². The molecule has 0 saturated heterocycles. The summed E-state index contributed by atoms with van der Waals surface area (Å²) in [7, 11) is 1.97. The van der Waals surface area contributed by atoms with Crippen LogP contribution in [-0.2, 0) is 6.54 Å². The van der Waals surface area contributed by atoms with Crippen molar-refractivity contribution in [3.63, 3.8) is 0 Å². The van der Waals surface area contributed by atoms with Gasteiger partial charge in [0.25, 0.3) is 0 Å². The molecule has 3 nitrogen and oxygen atoms in total. The van der Waals surface area contributed by atoms with E-state index in [0.717, 1.165) is 15.7 Å². The molecule has 0 atom stereocenters. The molecule has 0 aliphatic carbocycles. The third kappa shape index (κ3) is 2.56. The maximum atomic E-state index is 9.37. The summed E-state index contributed by atoms with van der Waals surface area (Å²) in [5.74, 6) is 0. The fraction of sp³-hybridized carbons (Fsp3) is 0.500. The van der Waals surface area contributed by atoms with Gasteiger partial charge in [-0.3, -0.25) is 0 Å². The average molecular weight is 287 g/mol. The number of nitrogens with two attached hydrogens (primary N) is 1. The van der Waals surface area contributed by atoms with Crippen molar-refractivity contribution < 1.29 is 5.11 Å². The molecule has 1 rings (SSSR count). The normalized spacial score (nSPS) is 11.6. The smallest absolute Gasteiger partial charge is 0.0658 e. The van der Waals surface area contributed by atoms with Crippen LogP contribution in [0.4, 0.5) is 5.69 Å². The molecule has 0 amide bonds. The quantitative estimate of drug-likeness (QED) is 0.891. The SMILES string of the molecule is CN(c1cccc(Br)c1CN)C(C)(C)CO. The van der Waals surface area contributed by atoms with E-state index in [1.807, 2.05) is 39.1 Å². The molecule has 0 aliphatic rings. The van der Waals surface area contributed by atoms with Crippen molar-refractivity contribution in [2.75, 3.05) is 18.6 Å². The van der Waals surface area contributed by atoms with E-state index in [1.165, 1.54) is 0 Å². The van der Waals surface area contributed by atoms with Crippen molar-refractivity contribution in [3.8, 4) is 0 Å². The molecule has 1 aromatic rings.